The predicted octanol–water partition coefficient (Wildman–Crippen LogP) is 1.97. The van der Waals surface area contributed by atoms with E-state index in [4.69, 9.17) is 11.2 Å². The van der Waals surface area contributed by atoms with Crippen molar-refractivity contribution in [3.63, 3.8) is 0 Å². The quantitative estimate of drug-likeness (QED) is 0.799. The zero-order valence-corrected chi connectivity index (χ0v) is 10.1. The normalized spacial score (nSPS) is 18.1. The summed E-state index contributed by atoms with van der Waals surface area (Å²) in [6.45, 7) is 1.33. The van der Waals surface area contributed by atoms with Crippen LogP contribution in [-0.2, 0) is 4.74 Å². The van der Waals surface area contributed by atoms with Gasteiger partial charge in [-0.3, -0.25) is 0 Å². The molecular weight excluding hydrogens is 228 g/mol. The zero-order chi connectivity index (χ0) is 12.8. The van der Waals surface area contributed by atoms with E-state index >= 15 is 0 Å². The Bertz CT molecular complexity index is 459. The highest BCUT2D eigenvalue weighted by molar-refractivity contribution is 5.89. The van der Waals surface area contributed by atoms with Crippen LogP contribution in [0.4, 0.5) is 10.5 Å². The van der Waals surface area contributed by atoms with E-state index in [0.29, 0.717) is 12.2 Å². The minimum absolute atomic E-state index is 0.146. The van der Waals surface area contributed by atoms with Gasteiger partial charge in [0.2, 0.25) is 0 Å². The van der Waals surface area contributed by atoms with Crippen LogP contribution < -0.4 is 10.6 Å². The maximum absolute atomic E-state index is 11.6. The fourth-order valence-electron chi connectivity index (χ4n) is 1.87. The van der Waals surface area contributed by atoms with Crippen LogP contribution in [0.15, 0.2) is 24.3 Å². The summed E-state index contributed by atoms with van der Waals surface area (Å²) in [6.07, 6.45) is 7.52. The molecule has 1 unspecified atom stereocenters. The maximum atomic E-state index is 11.6. The molecule has 0 aromatic heterocycles. The summed E-state index contributed by atoms with van der Waals surface area (Å²) in [5.74, 6) is 2.53. The van der Waals surface area contributed by atoms with Crippen LogP contribution in [-0.4, -0.2) is 25.3 Å². The Morgan fingerprint density at radius 1 is 1.56 bits per heavy atom. The number of carbonyl (C=O) groups is 1. The van der Waals surface area contributed by atoms with E-state index in [9.17, 15) is 4.79 Å². The largest absolute Gasteiger partial charge is 0.376 e. The molecule has 1 atom stereocenters. The molecule has 2 amide bonds. The molecule has 1 saturated heterocycles. The summed E-state index contributed by atoms with van der Waals surface area (Å²) < 4.78 is 5.42. The average molecular weight is 244 g/mol. The van der Waals surface area contributed by atoms with Gasteiger partial charge >= 0.3 is 6.03 Å². The van der Waals surface area contributed by atoms with Crippen molar-refractivity contribution < 1.29 is 9.53 Å². The Labute approximate surface area is 107 Å². The van der Waals surface area contributed by atoms with E-state index in [2.05, 4.69) is 16.6 Å². The fraction of sp³-hybridized carbons (Fsp3) is 0.357. The van der Waals surface area contributed by atoms with Gasteiger partial charge in [-0.05, 0) is 31.0 Å². The van der Waals surface area contributed by atoms with Crippen molar-refractivity contribution in [1.29, 1.82) is 0 Å². The van der Waals surface area contributed by atoms with Gasteiger partial charge < -0.3 is 15.4 Å². The molecule has 2 rings (SSSR count). The van der Waals surface area contributed by atoms with Gasteiger partial charge in [-0.25, -0.2) is 4.79 Å². The standard InChI is InChI=1S/C14H16N2O2/c1-2-11-5-3-6-12(9-11)16-14(17)15-10-13-7-4-8-18-13/h1,3,5-6,9,13H,4,7-8,10H2,(H2,15,16,17). The topological polar surface area (TPSA) is 50.4 Å². The number of carbonyl (C=O) groups excluding carboxylic acids is 1. The molecule has 0 spiro atoms. The smallest absolute Gasteiger partial charge is 0.319 e. The van der Waals surface area contributed by atoms with Crippen molar-refractivity contribution in [2.24, 2.45) is 0 Å². The third-order valence-electron chi connectivity index (χ3n) is 2.80. The molecule has 18 heavy (non-hydrogen) atoms. The molecule has 4 heteroatoms. The molecule has 1 fully saturated rings. The highest BCUT2D eigenvalue weighted by Gasteiger charge is 2.15. The number of anilines is 1. The van der Waals surface area contributed by atoms with E-state index in [1.807, 2.05) is 12.1 Å². The second-order valence-corrected chi connectivity index (χ2v) is 4.20. The Balaban J connectivity index is 1.81. The Morgan fingerprint density at radius 2 is 2.44 bits per heavy atom. The number of benzene rings is 1. The molecular formula is C14H16N2O2. The van der Waals surface area contributed by atoms with Gasteiger partial charge in [0.15, 0.2) is 0 Å². The number of rotatable bonds is 3. The van der Waals surface area contributed by atoms with Gasteiger partial charge in [-0.15, -0.1) is 6.42 Å². The minimum atomic E-state index is -0.236. The van der Waals surface area contributed by atoms with Crippen LogP contribution in [0.1, 0.15) is 18.4 Å². The second-order valence-electron chi connectivity index (χ2n) is 4.20. The molecule has 1 aromatic rings. The van der Waals surface area contributed by atoms with Gasteiger partial charge in [-0.2, -0.15) is 0 Å². The maximum Gasteiger partial charge on any atom is 0.319 e. The zero-order valence-electron chi connectivity index (χ0n) is 10.1. The van der Waals surface area contributed by atoms with Crippen molar-refractivity contribution in [3.8, 4) is 12.3 Å². The van der Waals surface area contributed by atoms with Gasteiger partial charge in [0.25, 0.3) is 0 Å². The first-order valence-corrected chi connectivity index (χ1v) is 6.01. The van der Waals surface area contributed by atoms with Crippen LogP contribution in [0.25, 0.3) is 0 Å². The lowest BCUT2D eigenvalue weighted by atomic mass is 10.2. The number of hydrogen-bond donors (Lipinski definition) is 2. The first-order chi connectivity index (χ1) is 8.78. The van der Waals surface area contributed by atoms with Crippen molar-refractivity contribution in [1.82, 2.24) is 5.32 Å². The van der Waals surface area contributed by atoms with Crippen LogP contribution in [0.5, 0.6) is 0 Å². The van der Waals surface area contributed by atoms with E-state index in [-0.39, 0.29) is 12.1 Å². The molecule has 2 N–H and O–H groups in total. The predicted molar refractivity (Wildman–Crippen MR) is 70.4 cm³/mol. The summed E-state index contributed by atoms with van der Waals surface area (Å²) >= 11 is 0. The minimum Gasteiger partial charge on any atom is -0.376 e. The van der Waals surface area contributed by atoms with Crippen LogP contribution in [0.3, 0.4) is 0 Å². The molecule has 4 nitrogen and oxygen atoms in total. The molecule has 0 saturated carbocycles. The van der Waals surface area contributed by atoms with Gasteiger partial charge in [-0.1, -0.05) is 12.0 Å². The molecule has 1 heterocycles. The molecule has 0 bridgehead atoms. The lowest BCUT2D eigenvalue weighted by molar-refractivity contribution is 0.112. The lowest BCUT2D eigenvalue weighted by Gasteiger charge is -2.11. The summed E-state index contributed by atoms with van der Waals surface area (Å²) in [7, 11) is 0. The summed E-state index contributed by atoms with van der Waals surface area (Å²) in [6, 6.07) is 6.94. The summed E-state index contributed by atoms with van der Waals surface area (Å²) in [5.41, 5.74) is 1.43. The number of nitrogens with one attached hydrogen (secondary N) is 2. The van der Waals surface area contributed by atoms with Gasteiger partial charge in [0, 0.05) is 24.4 Å². The van der Waals surface area contributed by atoms with E-state index in [0.717, 1.165) is 25.0 Å². The highest BCUT2D eigenvalue weighted by atomic mass is 16.5. The average Bonchev–Trinajstić information content (AvgIpc) is 2.90. The van der Waals surface area contributed by atoms with Crippen molar-refractivity contribution in [3.05, 3.63) is 29.8 Å². The van der Waals surface area contributed by atoms with Crippen molar-refractivity contribution >= 4 is 11.7 Å². The van der Waals surface area contributed by atoms with E-state index in [1.54, 1.807) is 12.1 Å². The number of amides is 2. The Kier molecular flexibility index (Phi) is 4.21. The molecule has 0 radical (unpaired) electrons. The third-order valence-corrected chi connectivity index (χ3v) is 2.80. The lowest BCUT2D eigenvalue weighted by Crippen LogP contribution is -2.35. The first-order valence-electron chi connectivity index (χ1n) is 6.01. The fourth-order valence-corrected chi connectivity index (χ4v) is 1.87. The van der Waals surface area contributed by atoms with Crippen LogP contribution in [0, 0.1) is 12.3 Å². The number of terminal acetylenes is 1. The third kappa shape index (κ3) is 3.51. The van der Waals surface area contributed by atoms with E-state index < -0.39 is 0 Å². The van der Waals surface area contributed by atoms with Crippen molar-refractivity contribution in [2.75, 3.05) is 18.5 Å². The van der Waals surface area contributed by atoms with Gasteiger partial charge in [0.1, 0.15) is 0 Å². The molecule has 1 aromatic carbocycles. The van der Waals surface area contributed by atoms with Crippen LogP contribution in [0.2, 0.25) is 0 Å². The molecule has 0 aliphatic carbocycles. The van der Waals surface area contributed by atoms with Gasteiger partial charge in [0.05, 0.1) is 6.10 Å². The number of ether oxygens (including phenoxy) is 1. The Hall–Kier alpha value is -1.99. The Morgan fingerprint density at radius 3 is 3.17 bits per heavy atom. The molecule has 94 valence electrons. The first kappa shape index (κ1) is 12.5. The van der Waals surface area contributed by atoms with Crippen LogP contribution >= 0.6 is 0 Å². The monoisotopic (exact) mass is 244 g/mol. The molecule has 1 aliphatic rings. The number of urea groups is 1. The van der Waals surface area contributed by atoms with Crippen molar-refractivity contribution in [2.45, 2.75) is 18.9 Å². The summed E-state index contributed by atoms with van der Waals surface area (Å²) in [4.78, 5) is 11.6. The summed E-state index contributed by atoms with van der Waals surface area (Å²) in [5, 5.41) is 5.52. The van der Waals surface area contributed by atoms with E-state index in [1.165, 1.54) is 0 Å². The molecule has 1 aliphatic heterocycles. The number of hydrogen-bond acceptors (Lipinski definition) is 2. The highest BCUT2D eigenvalue weighted by Crippen LogP contribution is 2.11. The SMILES string of the molecule is C#Cc1cccc(NC(=O)NCC2CCCO2)c1. The second kappa shape index (κ2) is 6.08.